The van der Waals surface area contributed by atoms with Crippen molar-refractivity contribution in [2.45, 2.75) is 31.9 Å². The fraction of sp³-hybridized carbons (Fsp3) is 0.263. The molecule has 0 radical (unpaired) electrons. The average Bonchev–Trinajstić information content (AvgIpc) is 2.62. The van der Waals surface area contributed by atoms with Crippen molar-refractivity contribution in [1.82, 2.24) is 0 Å². The Hall–Kier alpha value is -3.29. The molecule has 0 aliphatic heterocycles. The number of nitrogens with zero attached hydrogens (tertiary/aromatic N) is 1. The van der Waals surface area contributed by atoms with Gasteiger partial charge in [0.15, 0.2) is 6.19 Å². The zero-order valence-electron chi connectivity index (χ0n) is 15.5. The second kappa shape index (κ2) is 7.85. The summed E-state index contributed by atoms with van der Waals surface area (Å²) in [5, 5.41) is 13.3. The Morgan fingerprint density at radius 2 is 1.47 bits per heavy atom. The average molecular weight is 433 g/mol. The van der Waals surface area contributed by atoms with E-state index in [0.29, 0.717) is 17.8 Å². The Morgan fingerprint density at radius 1 is 0.933 bits per heavy atom. The van der Waals surface area contributed by atoms with Crippen LogP contribution in [0, 0.1) is 25.3 Å². The van der Waals surface area contributed by atoms with Crippen molar-refractivity contribution in [2.24, 2.45) is 0 Å². The van der Waals surface area contributed by atoms with E-state index in [9.17, 15) is 35.5 Å². The summed E-state index contributed by atoms with van der Waals surface area (Å²) in [6.07, 6.45) is -10.8. The first kappa shape index (κ1) is 23.0. The van der Waals surface area contributed by atoms with E-state index < -0.39 is 29.5 Å². The van der Waals surface area contributed by atoms with Crippen LogP contribution in [0.3, 0.4) is 0 Å². The summed E-state index contributed by atoms with van der Waals surface area (Å²) >= 11 is 0. The van der Waals surface area contributed by atoms with Crippen molar-refractivity contribution in [3.63, 3.8) is 0 Å². The number of anilines is 2. The summed E-state index contributed by atoms with van der Waals surface area (Å²) in [5.74, 6) is -0.728. The third kappa shape index (κ3) is 4.17. The van der Waals surface area contributed by atoms with Crippen molar-refractivity contribution in [1.29, 1.82) is 5.26 Å². The summed E-state index contributed by atoms with van der Waals surface area (Å²) in [6.45, 7) is 2.29. The minimum Gasteiger partial charge on any atom is -0.322 e. The maximum Gasteiger partial charge on any atom is 0.435 e. The molecule has 160 valence electrons. The van der Waals surface area contributed by atoms with Crippen LogP contribution < -0.4 is 10.6 Å². The van der Waals surface area contributed by atoms with Gasteiger partial charge in [-0.2, -0.15) is 31.6 Å². The highest BCUT2D eigenvalue weighted by molar-refractivity contribution is 6.05. The first-order valence-electron chi connectivity index (χ1n) is 8.23. The summed E-state index contributed by atoms with van der Waals surface area (Å²) < 4.78 is 92.2. The van der Waals surface area contributed by atoms with Gasteiger partial charge in [-0.3, -0.25) is 10.1 Å². The Labute approximate surface area is 166 Å². The Morgan fingerprint density at radius 3 is 1.93 bits per heavy atom. The molecule has 1 amide bonds. The number of aryl methyl sites for hydroxylation is 2. The minimum absolute atomic E-state index is 0.0610. The van der Waals surface area contributed by atoms with Crippen molar-refractivity contribution >= 4 is 17.3 Å². The summed E-state index contributed by atoms with van der Waals surface area (Å²) in [5.41, 5.74) is -7.27. The van der Waals surface area contributed by atoms with Crippen molar-refractivity contribution in [2.75, 3.05) is 10.6 Å². The monoisotopic (exact) mass is 433 g/mol. The Bertz CT molecular complexity index is 969. The predicted octanol–water partition coefficient (Wildman–Crippen LogP) is 5.74. The van der Waals surface area contributed by atoms with Gasteiger partial charge in [-0.1, -0.05) is 18.2 Å². The Kier molecular flexibility index (Phi) is 6.02. The first-order chi connectivity index (χ1) is 13.7. The predicted molar refractivity (Wildman–Crippen MR) is 94.4 cm³/mol. The lowest BCUT2D eigenvalue weighted by Gasteiger charge is -2.31. The van der Waals surface area contributed by atoms with E-state index in [1.807, 2.05) is 0 Å². The first-order valence-corrected chi connectivity index (χ1v) is 8.23. The third-order valence-corrected chi connectivity index (χ3v) is 4.28. The van der Waals surface area contributed by atoms with Crippen LogP contribution >= 0.6 is 0 Å². The van der Waals surface area contributed by atoms with Gasteiger partial charge >= 0.3 is 18.0 Å². The van der Waals surface area contributed by atoms with Gasteiger partial charge in [0.1, 0.15) is 0 Å². The fourth-order valence-corrected chi connectivity index (χ4v) is 2.84. The summed E-state index contributed by atoms with van der Waals surface area (Å²) in [7, 11) is 0. The standard InChI is InChI=1S/C19H14F7N3O/c1-10-6-13(17(20,18(21,22)23)19(24,25)26)7-11(2)15(10)29-16(30)12-4-3-5-14(8-12)28-9-27/h3-8,28H,1-2H3,(H,29,30). The molecule has 0 saturated carbocycles. The van der Waals surface area contributed by atoms with Crippen LogP contribution in [0.5, 0.6) is 0 Å². The molecule has 0 bridgehead atoms. The van der Waals surface area contributed by atoms with E-state index in [2.05, 4.69) is 10.6 Å². The van der Waals surface area contributed by atoms with E-state index >= 15 is 0 Å². The molecule has 0 heterocycles. The van der Waals surface area contributed by atoms with Gasteiger partial charge in [-0.05, 0) is 43.2 Å². The molecule has 2 aromatic rings. The largest absolute Gasteiger partial charge is 0.435 e. The van der Waals surface area contributed by atoms with Gasteiger partial charge in [-0.25, -0.2) is 4.39 Å². The summed E-state index contributed by atoms with van der Waals surface area (Å²) in [6, 6.07) is 6.46. The fourth-order valence-electron chi connectivity index (χ4n) is 2.84. The molecule has 0 atom stereocenters. The number of nitriles is 1. The number of benzene rings is 2. The third-order valence-electron chi connectivity index (χ3n) is 4.28. The van der Waals surface area contributed by atoms with Crippen LogP contribution in [0.1, 0.15) is 27.0 Å². The second-order valence-corrected chi connectivity index (χ2v) is 6.41. The number of amides is 1. The maximum absolute atomic E-state index is 14.3. The lowest BCUT2D eigenvalue weighted by atomic mass is 9.90. The highest BCUT2D eigenvalue weighted by Crippen LogP contribution is 2.53. The maximum atomic E-state index is 14.3. The van der Waals surface area contributed by atoms with Crippen LogP contribution in [0.4, 0.5) is 42.1 Å². The van der Waals surface area contributed by atoms with Gasteiger partial charge in [0, 0.05) is 22.5 Å². The number of rotatable bonds is 4. The zero-order valence-corrected chi connectivity index (χ0v) is 15.5. The van der Waals surface area contributed by atoms with E-state index in [-0.39, 0.29) is 22.4 Å². The number of nitrogens with one attached hydrogen (secondary N) is 2. The molecule has 0 aliphatic carbocycles. The van der Waals surface area contributed by atoms with E-state index in [4.69, 9.17) is 5.26 Å². The topological polar surface area (TPSA) is 64.9 Å². The number of alkyl halides is 7. The highest BCUT2D eigenvalue weighted by atomic mass is 19.4. The molecule has 0 aliphatic rings. The van der Waals surface area contributed by atoms with Gasteiger partial charge < -0.3 is 5.32 Å². The normalized spacial score (nSPS) is 12.3. The molecule has 0 unspecified atom stereocenters. The highest BCUT2D eigenvalue weighted by Gasteiger charge is 2.73. The van der Waals surface area contributed by atoms with Gasteiger partial charge in [-0.15, -0.1) is 0 Å². The molecule has 4 nitrogen and oxygen atoms in total. The van der Waals surface area contributed by atoms with Gasteiger partial charge in [0.25, 0.3) is 5.91 Å². The lowest BCUT2D eigenvalue weighted by Crippen LogP contribution is -2.50. The molecule has 0 aromatic heterocycles. The quantitative estimate of drug-likeness (QED) is 0.367. The van der Waals surface area contributed by atoms with E-state index in [0.717, 1.165) is 13.8 Å². The van der Waals surface area contributed by atoms with Crippen molar-refractivity contribution < 1.29 is 35.5 Å². The number of hydrogen-bond acceptors (Lipinski definition) is 3. The number of carbonyl (C=O) groups is 1. The van der Waals surface area contributed by atoms with Crippen LogP contribution in [-0.2, 0) is 5.67 Å². The minimum atomic E-state index is -6.23. The molecular formula is C19H14F7N3O. The SMILES string of the molecule is Cc1cc(C(F)(C(F)(F)F)C(F)(F)F)cc(C)c1NC(=O)c1cccc(NC#N)c1. The molecular weight excluding hydrogens is 419 g/mol. The van der Waals surface area contributed by atoms with Gasteiger partial charge in [0.2, 0.25) is 0 Å². The van der Waals surface area contributed by atoms with E-state index in [1.165, 1.54) is 24.3 Å². The van der Waals surface area contributed by atoms with Crippen LogP contribution in [0.15, 0.2) is 36.4 Å². The van der Waals surface area contributed by atoms with E-state index in [1.54, 1.807) is 6.19 Å². The van der Waals surface area contributed by atoms with Crippen LogP contribution in [0.2, 0.25) is 0 Å². The zero-order chi connectivity index (χ0) is 22.9. The summed E-state index contributed by atoms with van der Waals surface area (Å²) in [4.78, 5) is 12.4. The molecule has 0 spiro atoms. The lowest BCUT2D eigenvalue weighted by molar-refractivity contribution is -0.348. The van der Waals surface area contributed by atoms with Crippen molar-refractivity contribution in [3.8, 4) is 6.19 Å². The molecule has 0 saturated heterocycles. The van der Waals surface area contributed by atoms with Crippen LogP contribution in [-0.4, -0.2) is 18.3 Å². The number of carbonyl (C=O) groups excluding carboxylic acids is 1. The Balaban J connectivity index is 2.45. The molecule has 2 N–H and O–H groups in total. The second-order valence-electron chi connectivity index (χ2n) is 6.41. The molecule has 2 aromatic carbocycles. The molecule has 0 fully saturated rings. The molecule has 11 heteroatoms. The van der Waals surface area contributed by atoms with Gasteiger partial charge in [0.05, 0.1) is 0 Å². The van der Waals surface area contributed by atoms with Crippen LogP contribution in [0.25, 0.3) is 0 Å². The molecule has 30 heavy (non-hydrogen) atoms. The molecule has 2 rings (SSSR count). The number of hydrogen-bond donors (Lipinski definition) is 2. The van der Waals surface area contributed by atoms with Crippen molar-refractivity contribution in [3.05, 3.63) is 58.7 Å². The smallest absolute Gasteiger partial charge is 0.322 e. The number of halogens is 7.